The van der Waals surface area contributed by atoms with E-state index < -0.39 is 5.91 Å². The molecule has 0 bridgehead atoms. The molecule has 0 aliphatic heterocycles. The molecule has 0 spiro atoms. The number of carbonyl (C=O) groups is 2. The third-order valence-corrected chi connectivity index (χ3v) is 3.63. The minimum absolute atomic E-state index is 0.107. The third kappa shape index (κ3) is 3.48. The van der Waals surface area contributed by atoms with E-state index in [2.05, 4.69) is 4.98 Å². The summed E-state index contributed by atoms with van der Waals surface area (Å²) in [7, 11) is 0. The lowest BCUT2D eigenvalue weighted by atomic mass is 10.1. The van der Waals surface area contributed by atoms with Crippen LogP contribution in [0.1, 0.15) is 20.8 Å². The van der Waals surface area contributed by atoms with E-state index in [1.165, 1.54) is 18.3 Å². The Balaban J connectivity index is 2.03. The zero-order valence-corrected chi connectivity index (χ0v) is 13.3. The SMILES string of the molecule is NC(=O)c1ccc(C(=O)N(c2ccccc2)c2ccc(N)cc2)cn1. The Bertz CT molecular complexity index is 891. The molecule has 0 aliphatic rings. The van der Waals surface area contributed by atoms with Crippen LogP contribution in [0.25, 0.3) is 0 Å². The molecule has 6 nitrogen and oxygen atoms in total. The number of nitrogen functional groups attached to an aromatic ring is 1. The van der Waals surface area contributed by atoms with Gasteiger partial charge in [0.15, 0.2) is 0 Å². The molecular formula is C19H16N4O2. The molecule has 0 atom stereocenters. The van der Waals surface area contributed by atoms with Crippen LogP contribution in [0, 0.1) is 0 Å². The normalized spacial score (nSPS) is 10.2. The van der Waals surface area contributed by atoms with Crippen molar-refractivity contribution in [3.8, 4) is 0 Å². The minimum Gasteiger partial charge on any atom is -0.399 e. The van der Waals surface area contributed by atoms with Crippen LogP contribution >= 0.6 is 0 Å². The molecule has 6 heteroatoms. The van der Waals surface area contributed by atoms with Gasteiger partial charge >= 0.3 is 0 Å². The monoisotopic (exact) mass is 332 g/mol. The number of para-hydroxylation sites is 1. The molecule has 4 N–H and O–H groups in total. The second-order valence-corrected chi connectivity index (χ2v) is 5.36. The predicted octanol–water partition coefficient (Wildman–Crippen LogP) is 2.74. The standard InChI is InChI=1S/C19H16N4O2/c20-14-7-9-16(10-8-14)23(15-4-2-1-3-5-15)19(25)13-6-11-17(18(21)24)22-12-13/h1-12H,20H2,(H2,21,24). The summed E-state index contributed by atoms with van der Waals surface area (Å²) in [6.45, 7) is 0. The number of nitrogens with zero attached hydrogens (tertiary/aromatic N) is 2. The number of benzene rings is 2. The van der Waals surface area contributed by atoms with Crippen LogP contribution in [-0.2, 0) is 0 Å². The maximum absolute atomic E-state index is 13.1. The molecule has 1 aromatic heterocycles. The fourth-order valence-corrected chi connectivity index (χ4v) is 2.38. The van der Waals surface area contributed by atoms with E-state index in [1.54, 1.807) is 29.2 Å². The molecule has 3 rings (SSSR count). The number of amides is 2. The summed E-state index contributed by atoms with van der Waals surface area (Å²) in [5, 5.41) is 0. The number of carbonyl (C=O) groups excluding carboxylic acids is 2. The molecular weight excluding hydrogens is 316 g/mol. The average Bonchev–Trinajstić information content (AvgIpc) is 2.64. The Labute approximate surface area is 144 Å². The van der Waals surface area contributed by atoms with Gasteiger partial charge < -0.3 is 11.5 Å². The Morgan fingerprint density at radius 3 is 2.04 bits per heavy atom. The van der Waals surface area contributed by atoms with Crippen molar-refractivity contribution in [2.75, 3.05) is 10.6 Å². The predicted molar refractivity (Wildman–Crippen MR) is 96.5 cm³/mol. The topological polar surface area (TPSA) is 102 Å². The molecule has 0 saturated heterocycles. The van der Waals surface area contributed by atoms with Gasteiger partial charge in [-0.05, 0) is 48.5 Å². The Kier molecular flexibility index (Phi) is 4.43. The van der Waals surface area contributed by atoms with Crippen molar-refractivity contribution >= 4 is 28.9 Å². The molecule has 0 aliphatic carbocycles. The molecule has 0 unspecified atom stereocenters. The highest BCUT2D eigenvalue weighted by Crippen LogP contribution is 2.28. The van der Waals surface area contributed by atoms with Gasteiger partial charge in [0, 0.05) is 23.3 Å². The molecule has 2 aromatic carbocycles. The lowest BCUT2D eigenvalue weighted by Gasteiger charge is -2.23. The van der Waals surface area contributed by atoms with Gasteiger partial charge in [0.25, 0.3) is 11.8 Å². The van der Waals surface area contributed by atoms with Crippen LogP contribution < -0.4 is 16.4 Å². The fourth-order valence-electron chi connectivity index (χ4n) is 2.38. The van der Waals surface area contributed by atoms with Crippen molar-refractivity contribution in [2.45, 2.75) is 0 Å². The van der Waals surface area contributed by atoms with E-state index >= 15 is 0 Å². The van der Waals surface area contributed by atoms with Crippen molar-refractivity contribution in [3.63, 3.8) is 0 Å². The van der Waals surface area contributed by atoms with E-state index in [0.29, 0.717) is 22.6 Å². The summed E-state index contributed by atoms with van der Waals surface area (Å²) in [6.07, 6.45) is 1.34. The highest BCUT2D eigenvalue weighted by Gasteiger charge is 2.20. The smallest absolute Gasteiger partial charge is 0.267 e. The first-order chi connectivity index (χ1) is 12.1. The summed E-state index contributed by atoms with van der Waals surface area (Å²) in [6, 6.07) is 19.2. The summed E-state index contributed by atoms with van der Waals surface area (Å²) in [4.78, 5) is 29.7. The van der Waals surface area contributed by atoms with Gasteiger partial charge in [0.2, 0.25) is 0 Å². The van der Waals surface area contributed by atoms with Crippen molar-refractivity contribution < 1.29 is 9.59 Å². The maximum atomic E-state index is 13.1. The first-order valence-corrected chi connectivity index (χ1v) is 7.57. The highest BCUT2D eigenvalue weighted by molar-refractivity contribution is 6.11. The van der Waals surface area contributed by atoms with E-state index in [0.717, 1.165) is 0 Å². The van der Waals surface area contributed by atoms with Crippen molar-refractivity contribution in [1.29, 1.82) is 0 Å². The van der Waals surface area contributed by atoms with Crippen LogP contribution in [0.3, 0.4) is 0 Å². The molecule has 124 valence electrons. The fraction of sp³-hybridized carbons (Fsp3) is 0. The van der Waals surface area contributed by atoms with Crippen LogP contribution in [0.2, 0.25) is 0 Å². The van der Waals surface area contributed by atoms with Gasteiger partial charge in [-0.3, -0.25) is 19.5 Å². The van der Waals surface area contributed by atoms with Crippen LogP contribution in [-0.4, -0.2) is 16.8 Å². The van der Waals surface area contributed by atoms with Crippen molar-refractivity contribution in [3.05, 3.63) is 84.2 Å². The number of hydrogen-bond acceptors (Lipinski definition) is 4. The van der Waals surface area contributed by atoms with Crippen LogP contribution in [0.15, 0.2) is 72.9 Å². The molecule has 2 amide bonds. The number of hydrogen-bond donors (Lipinski definition) is 2. The van der Waals surface area contributed by atoms with Gasteiger partial charge in [-0.25, -0.2) is 0 Å². The molecule has 1 heterocycles. The third-order valence-electron chi connectivity index (χ3n) is 3.63. The summed E-state index contributed by atoms with van der Waals surface area (Å²) in [5.41, 5.74) is 13.4. The van der Waals surface area contributed by atoms with Gasteiger partial charge in [0.05, 0.1) is 5.56 Å². The van der Waals surface area contributed by atoms with Gasteiger partial charge in [-0.15, -0.1) is 0 Å². The van der Waals surface area contributed by atoms with E-state index in [4.69, 9.17) is 11.5 Å². The van der Waals surface area contributed by atoms with Gasteiger partial charge in [0.1, 0.15) is 5.69 Å². The van der Waals surface area contributed by atoms with Gasteiger partial charge in [-0.1, -0.05) is 18.2 Å². The lowest BCUT2D eigenvalue weighted by molar-refractivity contribution is 0.0984. The van der Waals surface area contributed by atoms with E-state index in [-0.39, 0.29) is 11.6 Å². The number of nitrogens with two attached hydrogens (primary N) is 2. The first-order valence-electron chi connectivity index (χ1n) is 7.57. The Hall–Kier alpha value is -3.67. The highest BCUT2D eigenvalue weighted by atomic mass is 16.2. The quantitative estimate of drug-likeness (QED) is 0.717. The van der Waals surface area contributed by atoms with Gasteiger partial charge in [-0.2, -0.15) is 0 Å². The summed E-state index contributed by atoms with van der Waals surface area (Å²) < 4.78 is 0. The van der Waals surface area contributed by atoms with E-state index in [1.807, 2.05) is 30.3 Å². The second kappa shape index (κ2) is 6.84. The minimum atomic E-state index is -0.641. The zero-order chi connectivity index (χ0) is 17.8. The number of rotatable bonds is 4. The number of aromatic nitrogens is 1. The van der Waals surface area contributed by atoms with E-state index in [9.17, 15) is 9.59 Å². The Morgan fingerprint density at radius 1 is 0.840 bits per heavy atom. The summed E-state index contributed by atoms with van der Waals surface area (Å²) in [5.74, 6) is -0.919. The molecule has 0 radical (unpaired) electrons. The maximum Gasteiger partial charge on any atom is 0.267 e. The molecule has 3 aromatic rings. The Morgan fingerprint density at radius 2 is 1.48 bits per heavy atom. The second-order valence-electron chi connectivity index (χ2n) is 5.36. The van der Waals surface area contributed by atoms with Crippen LogP contribution in [0.5, 0.6) is 0 Å². The molecule has 0 saturated carbocycles. The molecule has 0 fully saturated rings. The molecule has 25 heavy (non-hydrogen) atoms. The van der Waals surface area contributed by atoms with Crippen molar-refractivity contribution in [2.24, 2.45) is 5.73 Å². The van der Waals surface area contributed by atoms with Crippen LogP contribution in [0.4, 0.5) is 17.1 Å². The van der Waals surface area contributed by atoms with Crippen molar-refractivity contribution in [1.82, 2.24) is 4.98 Å². The lowest BCUT2D eigenvalue weighted by Crippen LogP contribution is -2.26. The first kappa shape index (κ1) is 16.2. The number of primary amides is 1. The number of anilines is 3. The average molecular weight is 332 g/mol. The zero-order valence-electron chi connectivity index (χ0n) is 13.3. The number of pyridine rings is 1. The summed E-state index contributed by atoms with van der Waals surface area (Å²) >= 11 is 0. The largest absolute Gasteiger partial charge is 0.399 e.